The summed E-state index contributed by atoms with van der Waals surface area (Å²) in [6.07, 6.45) is 8.56. The molecule has 1 fully saturated rings. The first-order chi connectivity index (χ1) is 11.2. The average Bonchev–Trinajstić information content (AvgIpc) is 2.58. The van der Waals surface area contributed by atoms with Crippen LogP contribution in [0.3, 0.4) is 0 Å². The third kappa shape index (κ3) is 4.62. The average molecular weight is 317 g/mol. The maximum atomic E-state index is 10.7. The first-order valence-electron chi connectivity index (χ1n) is 8.76. The van der Waals surface area contributed by atoms with Crippen molar-refractivity contribution in [1.29, 1.82) is 0 Å². The molecule has 23 heavy (non-hydrogen) atoms. The lowest BCUT2D eigenvalue weighted by molar-refractivity contribution is -1.02. The second-order valence-electron chi connectivity index (χ2n) is 6.95. The van der Waals surface area contributed by atoms with Gasteiger partial charge in [-0.1, -0.05) is 12.2 Å². The van der Waals surface area contributed by atoms with Crippen molar-refractivity contribution in [2.24, 2.45) is 5.92 Å². The zero-order chi connectivity index (χ0) is 16.1. The van der Waals surface area contributed by atoms with Crippen molar-refractivity contribution < 1.29 is 14.7 Å². The molecule has 1 aromatic carbocycles. The number of nitro benzene ring substituents is 1. The summed E-state index contributed by atoms with van der Waals surface area (Å²) in [4.78, 5) is 13.7. The first-order valence-corrected chi connectivity index (χ1v) is 8.76. The van der Waals surface area contributed by atoms with Crippen LogP contribution in [0.25, 0.3) is 0 Å². The van der Waals surface area contributed by atoms with Crippen LogP contribution >= 0.6 is 0 Å². The number of nitro groups is 1. The number of rotatable bonds is 5. The lowest BCUT2D eigenvalue weighted by Gasteiger charge is -2.32. The highest BCUT2D eigenvalue weighted by atomic mass is 16.6. The fourth-order valence-corrected chi connectivity index (χ4v) is 3.81. The fraction of sp³-hybridized carbons (Fsp3) is 0.556. The van der Waals surface area contributed by atoms with Crippen LogP contribution in [0, 0.1) is 16.0 Å². The van der Waals surface area contributed by atoms with E-state index in [2.05, 4.69) is 12.2 Å². The summed E-state index contributed by atoms with van der Waals surface area (Å²) in [7, 11) is 0. The van der Waals surface area contributed by atoms with E-state index in [0.29, 0.717) is 0 Å². The zero-order valence-corrected chi connectivity index (χ0v) is 13.7. The van der Waals surface area contributed by atoms with Crippen molar-refractivity contribution in [1.82, 2.24) is 0 Å². The largest absolute Gasteiger partial charge is 0.325 e. The topological polar surface area (TPSA) is 52.0 Å². The fourth-order valence-electron chi connectivity index (χ4n) is 3.81. The van der Waals surface area contributed by atoms with E-state index in [9.17, 15) is 10.1 Å². The lowest BCUT2D eigenvalue weighted by Crippen LogP contribution is -3.27. The van der Waals surface area contributed by atoms with Crippen LogP contribution < -0.4 is 9.80 Å². The Morgan fingerprint density at radius 1 is 1.04 bits per heavy atom. The molecular weight excluding hydrogens is 290 g/mol. The molecule has 124 valence electrons. The second-order valence-corrected chi connectivity index (χ2v) is 6.95. The first kappa shape index (κ1) is 16.1. The molecule has 1 heterocycles. The number of non-ortho nitro benzene ring substituents is 1. The molecule has 1 saturated heterocycles. The molecule has 0 amide bonds. The Labute approximate surface area is 137 Å². The van der Waals surface area contributed by atoms with Gasteiger partial charge in [0.15, 0.2) is 0 Å². The number of nitrogens with zero attached hydrogens (tertiary/aromatic N) is 1. The minimum absolute atomic E-state index is 0.180. The van der Waals surface area contributed by atoms with Crippen LogP contribution in [0.15, 0.2) is 36.4 Å². The molecule has 2 aliphatic rings. The zero-order valence-electron chi connectivity index (χ0n) is 13.7. The van der Waals surface area contributed by atoms with Crippen LogP contribution in [0.2, 0.25) is 0 Å². The molecule has 0 saturated carbocycles. The Kier molecular flexibility index (Phi) is 5.41. The quantitative estimate of drug-likeness (QED) is 0.464. The van der Waals surface area contributed by atoms with Gasteiger partial charge in [0.2, 0.25) is 0 Å². The van der Waals surface area contributed by atoms with E-state index in [0.717, 1.165) is 12.5 Å². The monoisotopic (exact) mass is 317 g/mol. The molecule has 5 nitrogen and oxygen atoms in total. The van der Waals surface area contributed by atoms with E-state index in [1.54, 1.807) is 21.9 Å². The lowest BCUT2D eigenvalue weighted by atomic mass is 9.94. The Balaban J connectivity index is 1.43. The predicted molar refractivity (Wildman–Crippen MR) is 89.5 cm³/mol. The number of quaternary nitrogens is 2. The molecule has 1 aromatic rings. The van der Waals surface area contributed by atoms with Crippen molar-refractivity contribution in [3.05, 3.63) is 52.1 Å². The van der Waals surface area contributed by atoms with Gasteiger partial charge >= 0.3 is 0 Å². The van der Waals surface area contributed by atoms with E-state index >= 15 is 0 Å². The van der Waals surface area contributed by atoms with Crippen molar-refractivity contribution in [2.45, 2.75) is 25.8 Å². The van der Waals surface area contributed by atoms with Crippen molar-refractivity contribution in [2.75, 3.05) is 32.7 Å². The van der Waals surface area contributed by atoms with Gasteiger partial charge < -0.3 is 9.80 Å². The molecule has 0 bridgehead atoms. The second kappa shape index (κ2) is 7.70. The normalized spacial score (nSPS) is 27.7. The number of hydrogen-bond acceptors (Lipinski definition) is 2. The van der Waals surface area contributed by atoms with Crippen molar-refractivity contribution in [3.63, 3.8) is 0 Å². The van der Waals surface area contributed by atoms with Crippen LogP contribution in [-0.2, 0) is 6.54 Å². The van der Waals surface area contributed by atoms with Gasteiger partial charge in [0.25, 0.3) is 5.69 Å². The van der Waals surface area contributed by atoms with E-state index < -0.39 is 0 Å². The minimum atomic E-state index is -0.334. The van der Waals surface area contributed by atoms with Crippen LogP contribution in [0.1, 0.15) is 24.8 Å². The van der Waals surface area contributed by atoms with E-state index in [-0.39, 0.29) is 10.6 Å². The highest BCUT2D eigenvalue weighted by Gasteiger charge is 2.25. The summed E-state index contributed by atoms with van der Waals surface area (Å²) in [5, 5.41) is 10.7. The van der Waals surface area contributed by atoms with Gasteiger partial charge in [-0.3, -0.25) is 10.1 Å². The van der Waals surface area contributed by atoms with Gasteiger partial charge in [-0.05, 0) is 31.4 Å². The highest BCUT2D eigenvalue weighted by molar-refractivity contribution is 5.32. The molecule has 2 N–H and O–H groups in total. The molecule has 0 radical (unpaired) electrons. The van der Waals surface area contributed by atoms with Gasteiger partial charge in [-0.15, -0.1) is 0 Å². The van der Waals surface area contributed by atoms with Gasteiger partial charge in [-0.2, -0.15) is 0 Å². The van der Waals surface area contributed by atoms with Gasteiger partial charge in [0, 0.05) is 23.6 Å². The molecule has 1 aliphatic heterocycles. The Hall–Kier alpha value is -1.72. The van der Waals surface area contributed by atoms with Gasteiger partial charge in [0.1, 0.15) is 32.7 Å². The summed E-state index contributed by atoms with van der Waals surface area (Å²) >= 11 is 0. The number of benzene rings is 1. The molecule has 1 aliphatic carbocycles. The van der Waals surface area contributed by atoms with Crippen LogP contribution in [0.4, 0.5) is 5.69 Å². The number of piperazine rings is 1. The van der Waals surface area contributed by atoms with Crippen LogP contribution in [0.5, 0.6) is 0 Å². The molecular formula is C18H27N3O2+2. The summed E-state index contributed by atoms with van der Waals surface area (Å²) < 4.78 is 0. The summed E-state index contributed by atoms with van der Waals surface area (Å²) in [6.45, 7) is 7.22. The molecule has 5 heteroatoms. The number of nitrogens with one attached hydrogen (secondary N) is 2. The smallest absolute Gasteiger partial charge is 0.269 e. The molecule has 3 rings (SSSR count). The predicted octanol–water partition coefficient (Wildman–Crippen LogP) is 0.235. The Morgan fingerprint density at radius 3 is 2.35 bits per heavy atom. The Morgan fingerprint density at radius 2 is 1.74 bits per heavy atom. The molecule has 0 aromatic heterocycles. The SMILES string of the molecule is O=[N+]([O-])c1ccc(C[NH+]2CC[NH+](CC3CC=CCC3)CC2)cc1. The van der Waals surface area contributed by atoms with E-state index in [4.69, 9.17) is 0 Å². The van der Waals surface area contributed by atoms with Gasteiger partial charge in [0.05, 0.1) is 11.5 Å². The summed E-state index contributed by atoms with van der Waals surface area (Å²) in [6, 6.07) is 7.04. The molecule has 1 unspecified atom stereocenters. The number of hydrogen-bond donors (Lipinski definition) is 2. The third-order valence-corrected chi connectivity index (χ3v) is 5.22. The highest BCUT2D eigenvalue weighted by Crippen LogP contribution is 2.16. The molecule has 0 spiro atoms. The van der Waals surface area contributed by atoms with E-state index in [1.807, 2.05) is 12.1 Å². The van der Waals surface area contributed by atoms with Crippen molar-refractivity contribution in [3.8, 4) is 0 Å². The minimum Gasteiger partial charge on any atom is -0.325 e. The Bertz CT molecular complexity index is 548. The van der Waals surface area contributed by atoms with Gasteiger partial charge in [-0.25, -0.2) is 0 Å². The number of allylic oxidation sites excluding steroid dienone is 2. The summed E-state index contributed by atoms with van der Waals surface area (Å²) in [5.41, 5.74) is 1.38. The maximum absolute atomic E-state index is 10.7. The van der Waals surface area contributed by atoms with E-state index in [1.165, 1.54) is 57.5 Å². The summed E-state index contributed by atoms with van der Waals surface area (Å²) in [5.74, 6) is 0.881. The third-order valence-electron chi connectivity index (χ3n) is 5.22. The standard InChI is InChI=1S/C18H25N3O2/c22-21(23)18-8-6-17(7-9-18)15-20-12-10-19(11-13-20)14-16-4-2-1-3-5-16/h1-2,6-9,16H,3-5,10-15H2/p+2. The van der Waals surface area contributed by atoms with Crippen molar-refractivity contribution >= 4 is 5.69 Å². The maximum Gasteiger partial charge on any atom is 0.269 e. The van der Waals surface area contributed by atoms with Crippen LogP contribution in [-0.4, -0.2) is 37.6 Å². The molecule has 1 atom stereocenters.